The first-order valence-electron chi connectivity index (χ1n) is 8.82. The van der Waals surface area contributed by atoms with E-state index >= 15 is 0 Å². The number of carbonyl (C=O) groups is 2. The molecule has 0 radical (unpaired) electrons. The van der Waals surface area contributed by atoms with E-state index in [1.807, 2.05) is 13.8 Å². The van der Waals surface area contributed by atoms with E-state index in [0.29, 0.717) is 43.7 Å². The van der Waals surface area contributed by atoms with Gasteiger partial charge < -0.3 is 19.6 Å². The number of aromatic amines is 1. The van der Waals surface area contributed by atoms with E-state index in [0.717, 1.165) is 5.71 Å². The number of carbonyl (C=O) groups excluding carboxylic acids is 2. The van der Waals surface area contributed by atoms with Crippen molar-refractivity contribution in [1.29, 1.82) is 0 Å². The van der Waals surface area contributed by atoms with E-state index < -0.39 is 0 Å². The molecular formula is C18H24N4O4. The minimum atomic E-state index is -0.288. The smallest absolute Gasteiger partial charge is 0.254 e. The summed E-state index contributed by atoms with van der Waals surface area (Å²) in [6.07, 6.45) is 0.799. The first-order valence-corrected chi connectivity index (χ1v) is 8.82. The molecule has 3 rings (SSSR count). The molecule has 0 saturated carbocycles. The molecule has 1 saturated heterocycles. The van der Waals surface area contributed by atoms with Gasteiger partial charge in [0.25, 0.3) is 5.91 Å². The molecular weight excluding hydrogens is 336 g/mol. The highest BCUT2D eigenvalue weighted by atomic mass is 16.6. The SMILES string of the molecule is CC1=NOC(CC(=O)N2CCN(C(=O)c3cc(C)[nH]c(=O)c3)C(C)C2)C1. The number of amides is 2. The van der Waals surface area contributed by atoms with Crippen LogP contribution in [0.3, 0.4) is 0 Å². The van der Waals surface area contributed by atoms with Crippen LogP contribution in [0.1, 0.15) is 42.7 Å². The zero-order valence-electron chi connectivity index (χ0n) is 15.3. The highest BCUT2D eigenvalue weighted by Crippen LogP contribution is 2.18. The van der Waals surface area contributed by atoms with Crippen molar-refractivity contribution >= 4 is 17.5 Å². The standard InChI is InChI=1S/C18H24N4O4/c1-11-6-14(8-16(23)19-11)18(25)22-5-4-21(10-13(22)3)17(24)9-15-7-12(2)20-26-15/h6,8,13,15H,4-5,7,9-10H2,1-3H3,(H,19,23). The monoisotopic (exact) mass is 360 g/mol. The first-order chi connectivity index (χ1) is 12.3. The molecule has 140 valence electrons. The van der Waals surface area contributed by atoms with Crippen LogP contribution in [-0.4, -0.2) is 64.1 Å². The number of H-pyrrole nitrogens is 1. The van der Waals surface area contributed by atoms with Gasteiger partial charge in [0, 0.05) is 49.4 Å². The summed E-state index contributed by atoms with van der Waals surface area (Å²) >= 11 is 0. The molecule has 2 atom stereocenters. The van der Waals surface area contributed by atoms with Crippen LogP contribution in [0.4, 0.5) is 0 Å². The summed E-state index contributed by atoms with van der Waals surface area (Å²) in [7, 11) is 0. The number of nitrogens with one attached hydrogen (secondary N) is 1. The topological polar surface area (TPSA) is 95.1 Å². The van der Waals surface area contributed by atoms with E-state index in [1.165, 1.54) is 6.07 Å². The van der Waals surface area contributed by atoms with E-state index in [9.17, 15) is 14.4 Å². The largest absolute Gasteiger partial charge is 0.392 e. The third-order valence-electron chi connectivity index (χ3n) is 4.75. The summed E-state index contributed by atoms with van der Waals surface area (Å²) in [5.74, 6) is -0.159. The number of aryl methyl sites for hydroxylation is 1. The average Bonchev–Trinajstić information content (AvgIpc) is 2.98. The predicted octanol–water partition coefficient (Wildman–Crippen LogP) is 0.911. The Bertz CT molecular complexity index is 801. The fourth-order valence-corrected chi connectivity index (χ4v) is 3.46. The number of nitrogens with zero attached hydrogens (tertiary/aromatic N) is 3. The normalized spacial score (nSPS) is 22.8. The predicted molar refractivity (Wildman–Crippen MR) is 96.1 cm³/mol. The van der Waals surface area contributed by atoms with Crippen molar-refractivity contribution in [2.45, 2.75) is 45.8 Å². The van der Waals surface area contributed by atoms with Crippen LogP contribution in [-0.2, 0) is 9.63 Å². The molecule has 3 heterocycles. The molecule has 1 fully saturated rings. The fourth-order valence-electron chi connectivity index (χ4n) is 3.46. The molecule has 8 heteroatoms. The van der Waals surface area contributed by atoms with Crippen LogP contribution < -0.4 is 5.56 Å². The maximum atomic E-state index is 12.7. The molecule has 1 N–H and O–H groups in total. The van der Waals surface area contributed by atoms with Gasteiger partial charge in [-0.05, 0) is 26.8 Å². The molecule has 0 spiro atoms. The minimum absolute atomic E-state index is 0.0193. The lowest BCUT2D eigenvalue weighted by molar-refractivity contribution is -0.136. The van der Waals surface area contributed by atoms with Crippen molar-refractivity contribution in [2.75, 3.05) is 19.6 Å². The summed E-state index contributed by atoms with van der Waals surface area (Å²) in [6, 6.07) is 2.87. The maximum absolute atomic E-state index is 12.7. The van der Waals surface area contributed by atoms with Crippen molar-refractivity contribution in [3.8, 4) is 0 Å². The Hall–Kier alpha value is -2.64. The van der Waals surface area contributed by atoms with Crippen LogP contribution in [0.2, 0.25) is 0 Å². The van der Waals surface area contributed by atoms with Gasteiger partial charge in [-0.15, -0.1) is 0 Å². The zero-order chi connectivity index (χ0) is 18.8. The van der Waals surface area contributed by atoms with E-state index in [-0.39, 0.29) is 29.5 Å². The molecule has 2 aliphatic rings. The Morgan fingerprint density at radius 3 is 2.69 bits per heavy atom. The van der Waals surface area contributed by atoms with Crippen molar-refractivity contribution in [1.82, 2.24) is 14.8 Å². The lowest BCUT2D eigenvalue weighted by Crippen LogP contribution is -2.55. The molecule has 0 aliphatic carbocycles. The molecule has 0 aromatic carbocycles. The number of aromatic nitrogens is 1. The van der Waals surface area contributed by atoms with Gasteiger partial charge in [0.05, 0.1) is 12.1 Å². The number of hydrogen-bond acceptors (Lipinski definition) is 5. The third-order valence-corrected chi connectivity index (χ3v) is 4.75. The lowest BCUT2D eigenvalue weighted by Gasteiger charge is -2.40. The van der Waals surface area contributed by atoms with Crippen LogP contribution in [0.25, 0.3) is 0 Å². The van der Waals surface area contributed by atoms with Crippen LogP contribution in [0.5, 0.6) is 0 Å². The Balaban J connectivity index is 1.60. The molecule has 2 unspecified atom stereocenters. The second kappa shape index (κ2) is 7.31. The Labute approximate surface area is 151 Å². The molecule has 1 aromatic rings. The highest BCUT2D eigenvalue weighted by molar-refractivity contribution is 5.94. The molecule has 0 bridgehead atoms. The summed E-state index contributed by atoms with van der Waals surface area (Å²) in [5.41, 5.74) is 1.64. The van der Waals surface area contributed by atoms with E-state index in [1.54, 1.807) is 22.8 Å². The summed E-state index contributed by atoms with van der Waals surface area (Å²) in [6.45, 7) is 6.93. The molecule has 2 aliphatic heterocycles. The summed E-state index contributed by atoms with van der Waals surface area (Å²) < 4.78 is 0. The second-order valence-corrected chi connectivity index (χ2v) is 7.07. The van der Waals surface area contributed by atoms with Crippen molar-refractivity contribution in [2.24, 2.45) is 5.16 Å². The van der Waals surface area contributed by atoms with Crippen LogP contribution in [0, 0.1) is 6.92 Å². The van der Waals surface area contributed by atoms with Gasteiger partial charge in [-0.1, -0.05) is 5.16 Å². The van der Waals surface area contributed by atoms with Gasteiger partial charge in [0.1, 0.15) is 6.10 Å². The average molecular weight is 360 g/mol. The number of rotatable bonds is 3. The molecule has 2 amide bonds. The summed E-state index contributed by atoms with van der Waals surface area (Å²) in [4.78, 5) is 48.2. The Kier molecular flexibility index (Phi) is 5.11. The van der Waals surface area contributed by atoms with Crippen LogP contribution in [0.15, 0.2) is 22.1 Å². The van der Waals surface area contributed by atoms with Crippen LogP contribution >= 0.6 is 0 Å². The summed E-state index contributed by atoms with van der Waals surface area (Å²) in [5, 5.41) is 3.88. The Morgan fingerprint density at radius 2 is 2.08 bits per heavy atom. The number of pyridine rings is 1. The quantitative estimate of drug-likeness (QED) is 0.867. The maximum Gasteiger partial charge on any atom is 0.254 e. The van der Waals surface area contributed by atoms with Gasteiger partial charge in [-0.3, -0.25) is 14.4 Å². The number of oxime groups is 1. The Morgan fingerprint density at radius 1 is 1.31 bits per heavy atom. The van der Waals surface area contributed by atoms with E-state index in [2.05, 4.69) is 10.1 Å². The van der Waals surface area contributed by atoms with E-state index in [4.69, 9.17) is 4.84 Å². The van der Waals surface area contributed by atoms with Crippen molar-refractivity contribution in [3.05, 3.63) is 33.7 Å². The lowest BCUT2D eigenvalue weighted by atomic mass is 10.1. The van der Waals surface area contributed by atoms with Crippen molar-refractivity contribution < 1.29 is 14.4 Å². The molecule has 1 aromatic heterocycles. The van der Waals surface area contributed by atoms with Gasteiger partial charge in [0.15, 0.2) is 0 Å². The first kappa shape index (κ1) is 18.2. The fraction of sp³-hybridized carbons (Fsp3) is 0.556. The van der Waals surface area contributed by atoms with Gasteiger partial charge in [-0.2, -0.15) is 0 Å². The number of piperazine rings is 1. The highest BCUT2D eigenvalue weighted by Gasteiger charge is 2.32. The zero-order valence-corrected chi connectivity index (χ0v) is 15.3. The number of hydrogen-bond donors (Lipinski definition) is 1. The van der Waals surface area contributed by atoms with Gasteiger partial charge in [0.2, 0.25) is 11.5 Å². The minimum Gasteiger partial charge on any atom is -0.392 e. The molecule has 8 nitrogen and oxygen atoms in total. The van der Waals surface area contributed by atoms with Gasteiger partial charge in [-0.25, -0.2) is 0 Å². The molecule has 26 heavy (non-hydrogen) atoms. The van der Waals surface area contributed by atoms with Crippen molar-refractivity contribution in [3.63, 3.8) is 0 Å². The van der Waals surface area contributed by atoms with Gasteiger partial charge >= 0.3 is 0 Å². The third kappa shape index (κ3) is 3.95. The second-order valence-electron chi connectivity index (χ2n) is 7.07.